The van der Waals surface area contributed by atoms with E-state index in [0.29, 0.717) is 0 Å². The molecule has 0 radical (unpaired) electrons. The fraction of sp³-hybridized carbons (Fsp3) is 0.222. The number of benzene rings is 2. The predicted octanol–water partition coefficient (Wildman–Crippen LogP) is 6.78. The van der Waals surface area contributed by atoms with Crippen LogP contribution >= 0.6 is 46.4 Å². The van der Waals surface area contributed by atoms with Crippen LogP contribution in [0.5, 0.6) is 5.75 Å². The molecule has 29 heavy (non-hydrogen) atoms. The van der Waals surface area contributed by atoms with E-state index in [9.17, 15) is 13.6 Å². The highest BCUT2D eigenvalue weighted by molar-refractivity contribution is 6.44. The number of hydrogen-bond donors (Lipinski definition) is 1. The summed E-state index contributed by atoms with van der Waals surface area (Å²) in [4.78, 5) is 14.1. The van der Waals surface area contributed by atoms with Crippen LogP contribution in [0.4, 0.5) is 19.3 Å². The lowest BCUT2D eigenvalue weighted by atomic mass is 10.2. The molecule has 5 nitrogen and oxygen atoms in total. The summed E-state index contributed by atoms with van der Waals surface area (Å²) in [7, 11) is 0. The van der Waals surface area contributed by atoms with Gasteiger partial charge in [0, 0.05) is 11.8 Å². The number of alkyl halides is 4. The van der Waals surface area contributed by atoms with Crippen molar-refractivity contribution >= 4 is 64.0 Å². The number of rotatable bonds is 6. The van der Waals surface area contributed by atoms with Crippen molar-refractivity contribution in [1.29, 1.82) is 0 Å². The second-order valence-electron chi connectivity index (χ2n) is 5.37. The molecule has 0 saturated carbocycles. The van der Waals surface area contributed by atoms with Crippen LogP contribution in [-0.4, -0.2) is 29.5 Å². The monoisotopic (exact) mass is 484 g/mol. The third kappa shape index (κ3) is 6.60. The normalized spacial score (nSPS) is 12.1. The smallest absolute Gasteiger partial charge is 0.428 e. The molecular formula is C18H14Cl4F2N2O3. The maximum atomic E-state index is 13.5. The Labute approximate surface area is 185 Å². The minimum absolute atomic E-state index is 0.0911. The van der Waals surface area contributed by atoms with Gasteiger partial charge >= 0.3 is 12.1 Å². The van der Waals surface area contributed by atoms with Crippen LogP contribution in [0, 0.1) is 0 Å². The van der Waals surface area contributed by atoms with Crippen LogP contribution < -0.4 is 10.1 Å². The number of anilines is 1. The first-order valence-electron chi connectivity index (χ1n) is 8.06. The fourth-order valence-corrected chi connectivity index (χ4v) is 2.73. The van der Waals surface area contributed by atoms with Gasteiger partial charge in [0.25, 0.3) is 0 Å². The number of carbonyl (C=O) groups excluding carboxylic acids is 1. The number of carbonyl (C=O) groups is 1. The third-order valence-corrected chi connectivity index (χ3v) is 4.39. The molecular weight excluding hydrogens is 472 g/mol. The summed E-state index contributed by atoms with van der Waals surface area (Å²) < 4.78 is 36.9. The van der Waals surface area contributed by atoms with Crippen molar-refractivity contribution in [2.45, 2.75) is 17.9 Å². The molecule has 0 aliphatic heterocycles. The molecule has 0 aromatic heterocycles. The molecule has 2 amide bonds. The Morgan fingerprint density at radius 1 is 1.17 bits per heavy atom. The Kier molecular flexibility index (Phi) is 8.34. The number of aliphatic imine (C=N–C) groups is 1. The molecule has 156 valence electrons. The first kappa shape index (κ1) is 23.5. The summed E-state index contributed by atoms with van der Waals surface area (Å²) in [6.45, 7) is 1.89. The van der Waals surface area contributed by atoms with Gasteiger partial charge in [0.1, 0.15) is 5.75 Å². The second-order valence-corrected chi connectivity index (χ2v) is 7.28. The molecule has 2 aromatic carbocycles. The minimum atomic E-state index is -3.81. The number of nitrogens with one attached hydrogen (secondary N) is 1. The van der Waals surface area contributed by atoms with Crippen LogP contribution in [0.3, 0.4) is 0 Å². The van der Waals surface area contributed by atoms with Crippen molar-refractivity contribution in [3.05, 3.63) is 58.1 Å². The van der Waals surface area contributed by atoms with Crippen molar-refractivity contribution in [3.8, 4) is 5.75 Å². The number of halogens is 6. The van der Waals surface area contributed by atoms with E-state index < -0.39 is 17.0 Å². The zero-order chi connectivity index (χ0) is 21.6. The van der Waals surface area contributed by atoms with Crippen molar-refractivity contribution in [1.82, 2.24) is 0 Å². The van der Waals surface area contributed by atoms with Crippen LogP contribution in [-0.2, 0) is 4.74 Å². The van der Waals surface area contributed by atoms with Gasteiger partial charge in [-0.25, -0.2) is 4.79 Å². The summed E-state index contributed by atoms with van der Waals surface area (Å²) in [5.74, 6) is -0.353. The molecule has 0 heterocycles. The fourth-order valence-electron chi connectivity index (χ4n) is 2.08. The summed E-state index contributed by atoms with van der Waals surface area (Å²) in [6, 6.07) is 9.15. The van der Waals surface area contributed by atoms with Gasteiger partial charge in [0.2, 0.25) is 10.7 Å². The SMILES string of the molecule is CCOC(=NC(=O)Nc1cccc(OC(F)(F)C(Cl)Cl)c1)c1c(Cl)cccc1Cl. The number of ether oxygens (including phenoxy) is 2. The van der Waals surface area contributed by atoms with Crippen molar-refractivity contribution in [2.24, 2.45) is 4.99 Å². The molecule has 0 fully saturated rings. The van der Waals surface area contributed by atoms with E-state index in [0.717, 1.165) is 6.07 Å². The first-order chi connectivity index (χ1) is 13.6. The van der Waals surface area contributed by atoms with Gasteiger partial charge in [0.15, 0.2) is 0 Å². The Morgan fingerprint density at radius 3 is 2.38 bits per heavy atom. The van der Waals surface area contributed by atoms with Gasteiger partial charge in [-0.15, -0.1) is 0 Å². The van der Waals surface area contributed by atoms with Gasteiger partial charge in [0.05, 0.1) is 22.2 Å². The lowest BCUT2D eigenvalue weighted by molar-refractivity contribution is -0.163. The average Bonchev–Trinajstić information content (AvgIpc) is 2.61. The Hall–Kier alpha value is -1.80. The van der Waals surface area contributed by atoms with E-state index in [1.165, 1.54) is 18.2 Å². The second kappa shape index (κ2) is 10.3. The first-order valence-corrected chi connectivity index (χ1v) is 9.68. The highest BCUT2D eigenvalue weighted by atomic mass is 35.5. The maximum absolute atomic E-state index is 13.5. The van der Waals surface area contributed by atoms with Crippen LogP contribution in [0.2, 0.25) is 10.0 Å². The molecule has 0 spiro atoms. The van der Waals surface area contributed by atoms with Crippen molar-refractivity contribution < 1.29 is 23.0 Å². The number of urea groups is 1. The van der Waals surface area contributed by atoms with Crippen LogP contribution in [0.1, 0.15) is 12.5 Å². The molecule has 2 aromatic rings. The highest BCUT2D eigenvalue weighted by Gasteiger charge is 2.40. The van der Waals surface area contributed by atoms with E-state index in [-0.39, 0.29) is 39.6 Å². The lowest BCUT2D eigenvalue weighted by Gasteiger charge is -2.19. The summed E-state index contributed by atoms with van der Waals surface area (Å²) in [6.07, 6.45) is -3.81. The van der Waals surface area contributed by atoms with Gasteiger partial charge < -0.3 is 14.8 Å². The molecule has 0 aliphatic carbocycles. The van der Waals surface area contributed by atoms with E-state index in [1.54, 1.807) is 25.1 Å². The van der Waals surface area contributed by atoms with E-state index in [2.05, 4.69) is 15.0 Å². The zero-order valence-electron chi connectivity index (χ0n) is 14.8. The largest absolute Gasteiger partial charge is 0.477 e. The highest BCUT2D eigenvalue weighted by Crippen LogP contribution is 2.31. The standard InChI is InChI=1S/C18H14Cl4F2N2O3/c1-2-28-15(14-12(19)7-4-8-13(14)20)26-17(27)25-10-5-3-6-11(9-10)29-18(23,24)16(21)22/h3-9,16H,2H2,1H3,(H,25,27). The zero-order valence-corrected chi connectivity index (χ0v) is 17.8. The lowest BCUT2D eigenvalue weighted by Crippen LogP contribution is -2.32. The molecule has 0 atom stereocenters. The molecule has 0 unspecified atom stereocenters. The topological polar surface area (TPSA) is 59.9 Å². The van der Waals surface area contributed by atoms with E-state index >= 15 is 0 Å². The maximum Gasteiger partial charge on any atom is 0.428 e. The third-order valence-electron chi connectivity index (χ3n) is 3.25. The summed E-state index contributed by atoms with van der Waals surface area (Å²) in [5.41, 5.74) is 0.383. The Morgan fingerprint density at radius 2 is 1.79 bits per heavy atom. The van der Waals surface area contributed by atoms with Gasteiger partial charge in [-0.3, -0.25) is 0 Å². The molecule has 0 saturated heterocycles. The number of nitrogens with zero attached hydrogens (tertiary/aromatic N) is 1. The van der Waals surface area contributed by atoms with E-state index in [1.807, 2.05) is 0 Å². The van der Waals surface area contributed by atoms with Crippen molar-refractivity contribution in [3.63, 3.8) is 0 Å². The Balaban J connectivity index is 2.23. The van der Waals surface area contributed by atoms with Gasteiger partial charge in [-0.05, 0) is 31.2 Å². The minimum Gasteiger partial charge on any atom is -0.477 e. The van der Waals surface area contributed by atoms with Crippen LogP contribution in [0.25, 0.3) is 0 Å². The van der Waals surface area contributed by atoms with Gasteiger partial charge in [-0.2, -0.15) is 13.8 Å². The summed E-state index contributed by atoms with van der Waals surface area (Å²) >= 11 is 22.6. The van der Waals surface area contributed by atoms with Crippen LogP contribution in [0.15, 0.2) is 47.5 Å². The van der Waals surface area contributed by atoms with Crippen molar-refractivity contribution in [2.75, 3.05) is 11.9 Å². The molecule has 1 N–H and O–H groups in total. The van der Waals surface area contributed by atoms with Gasteiger partial charge in [-0.1, -0.05) is 58.5 Å². The van der Waals surface area contributed by atoms with E-state index in [4.69, 9.17) is 51.1 Å². The number of amides is 2. The molecule has 0 aliphatic rings. The Bertz CT molecular complexity index is 890. The summed E-state index contributed by atoms with van der Waals surface area (Å²) in [5, 5.41) is 2.90. The average molecular weight is 486 g/mol. The molecule has 11 heteroatoms. The molecule has 0 bridgehead atoms. The quantitative estimate of drug-likeness (QED) is 0.278. The predicted molar refractivity (Wildman–Crippen MR) is 111 cm³/mol. The molecule has 2 rings (SSSR count). The number of hydrogen-bond acceptors (Lipinski definition) is 3.